The molecule has 1 aliphatic rings. The van der Waals surface area contributed by atoms with E-state index >= 15 is 0 Å². The molecule has 3 aromatic rings. The second kappa shape index (κ2) is 8.41. The number of hydrogen-bond acceptors (Lipinski definition) is 6. The minimum atomic E-state index is 0.404. The quantitative estimate of drug-likeness (QED) is 0.694. The van der Waals surface area contributed by atoms with Gasteiger partial charge in [-0.15, -0.1) is 0 Å². The van der Waals surface area contributed by atoms with Crippen molar-refractivity contribution in [3.63, 3.8) is 0 Å². The largest absolute Gasteiger partial charge is 0.467 e. The summed E-state index contributed by atoms with van der Waals surface area (Å²) in [5, 5.41) is 1.19. The Balaban J connectivity index is 1.42. The molecular weight excluding hydrogens is 340 g/mol. The molecule has 1 saturated heterocycles. The molecule has 1 fully saturated rings. The fourth-order valence-corrected chi connectivity index (χ4v) is 3.59. The average Bonchev–Trinajstić information content (AvgIpc) is 2.93. The number of pyridine rings is 1. The van der Waals surface area contributed by atoms with Crippen molar-refractivity contribution in [2.75, 3.05) is 33.4 Å². The lowest BCUT2D eigenvalue weighted by molar-refractivity contribution is 0.121. The van der Waals surface area contributed by atoms with E-state index in [1.165, 1.54) is 10.9 Å². The van der Waals surface area contributed by atoms with Crippen LogP contribution in [0.3, 0.4) is 0 Å². The SMILES string of the molecule is COc1ncc(CN2CCOCC(Cc3ccc4ncccc4c3)C2)cn1. The number of benzene rings is 1. The van der Waals surface area contributed by atoms with Crippen LogP contribution in [0.4, 0.5) is 0 Å². The summed E-state index contributed by atoms with van der Waals surface area (Å²) in [6.45, 7) is 4.29. The summed E-state index contributed by atoms with van der Waals surface area (Å²) in [6, 6.07) is 11.0. The molecule has 0 aliphatic carbocycles. The maximum Gasteiger partial charge on any atom is 0.316 e. The third-order valence-electron chi connectivity index (χ3n) is 4.88. The van der Waals surface area contributed by atoms with Gasteiger partial charge in [-0.3, -0.25) is 9.88 Å². The minimum absolute atomic E-state index is 0.404. The molecule has 1 aromatic carbocycles. The maximum absolute atomic E-state index is 5.87. The predicted molar refractivity (Wildman–Crippen MR) is 104 cm³/mol. The Hall–Kier alpha value is -2.57. The number of rotatable bonds is 5. The molecular formula is C21H24N4O2. The summed E-state index contributed by atoms with van der Waals surface area (Å²) in [7, 11) is 1.58. The molecule has 140 valence electrons. The molecule has 1 unspecified atom stereocenters. The van der Waals surface area contributed by atoms with E-state index in [2.05, 4.69) is 44.1 Å². The van der Waals surface area contributed by atoms with Crippen LogP contribution >= 0.6 is 0 Å². The first-order valence-electron chi connectivity index (χ1n) is 9.29. The van der Waals surface area contributed by atoms with E-state index in [0.717, 1.165) is 50.3 Å². The van der Waals surface area contributed by atoms with E-state index in [4.69, 9.17) is 9.47 Å². The van der Waals surface area contributed by atoms with Gasteiger partial charge < -0.3 is 9.47 Å². The summed E-state index contributed by atoms with van der Waals surface area (Å²) in [5.41, 5.74) is 3.46. The number of methoxy groups -OCH3 is 1. The summed E-state index contributed by atoms with van der Waals surface area (Å²) >= 11 is 0. The molecule has 27 heavy (non-hydrogen) atoms. The van der Waals surface area contributed by atoms with Crippen LogP contribution < -0.4 is 4.74 Å². The summed E-state index contributed by atoms with van der Waals surface area (Å²) in [6.07, 6.45) is 6.51. The fraction of sp³-hybridized carbons (Fsp3) is 0.381. The van der Waals surface area contributed by atoms with Crippen molar-refractivity contribution in [3.05, 3.63) is 60.0 Å². The molecule has 0 bridgehead atoms. The Kier molecular flexibility index (Phi) is 5.55. The number of hydrogen-bond donors (Lipinski definition) is 0. The lowest BCUT2D eigenvalue weighted by atomic mass is 9.98. The van der Waals surface area contributed by atoms with Crippen molar-refractivity contribution < 1.29 is 9.47 Å². The van der Waals surface area contributed by atoms with E-state index in [0.29, 0.717) is 11.9 Å². The second-order valence-corrected chi connectivity index (χ2v) is 6.99. The van der Waals surface area contributed by atoms with Gasteiger partial charge in [0.05, 0.1) is 25.8 Å². The third-order valence-corrected chi connectivity index (χ3v) is 4.88. The predicted octanol–water partition coefficient (Wildman–Crippen LogP) is 2.72. The van der Waals surface area contributed by atoms with Gasteiger partial charge in [0, 0.05) is 49.2 Å². The zero-order valence-corrected chi connectivity index (χ0v) is 15.5. The number of fused-ring (bicyclic) bond motifs is 1. The minimum Gasteiger partial charge on any atom is -0.467 e. The number of nitrogens with zero attached hydrogens (tertiary/aromatic N) is 4. The van der Waals surface area contributed by atoms with Gasteiger partial charge in [-0.2, -0.15) is 0 Å². The molecule has 3 heterocycles. The normalized spacial score (nSPS) is 18.3. The van der Waals surface area contributed by atoms with Crippen molar-refractivity contribution >= 4 is 10.9 Å². The molecule has 1 atom stereocenters. The van der Waals surface area contributed by atoms with Crippen LogP contribution in [0.1, 0.15) is 11.1 Å². The van der Waals surface area contributed by atoms with Crippen LogP contribution in [0, 0.1) is 5.92 Å². The first kappa shape index (κ1) is 17.8. The van der Waals surface area contributed by atoms with Gasteiger partial charge in [0.25, 0.3) is 0 Å². The van der Waals surface area contributed by atoms with E-state index < -0.39 is 0 Å². The highest BCUT2D eigenvalue weighted by Gasteiger charge is 2.19. The van der Waals surface area contributed by atoms with Gasteiger partial charge in [0.2, 0.25) is 0 Å². The zero-order valence-electron chi connectivity index (χ0n) is 15.5. The summed E-state index contributed by atoms with van der Waals surface area (Å²) in [5.74, 6) is 0.459. The number of ether oxygens (including phenoxy) is 2. The van der Waals surface area contributed by atoms with Gasteiger partial charge >= 0.3 is 6.01 Å². The summed E-state index contributed by atoms with van der Waals surface area (Å²) in [4.78, 5) is 15.2. The van der Waals surface area contributed by atoms with Gasteiger partial charge in [-0.1, -0.05) is 12.1 Å². The Morgan fingerprint density at radius 3 is 2.89 bits per heavy atom. The smallest absolute Gasteiger partial charge is 0.316 e. The molecule has 6 heteroatoms. The highest BCUT2D eigenvalue weighted by Crippen LogP contribution is 2.19. The van der Waals surface area contributed by atoms with Crippen LogP contribution in [0.25, 0.3) is 10.9 Å². The molecule has 0 N–H and O–H groups in total. The van der Waals surface area contributed by atoms with Crippen molar-refractivity contribution in [3.8, 4) is 6.01 Å². The van der Waals surface area contributed by atoms with Crippen LogP contribution in [-0.2, 0) is 17.7 Å². The molecule has 4 rings (SSSR count). The number of aromatic nitrogens is 3. The lowest BCUT2D eigenvalue weighted by Crippen LogP contribution is -2.30. The zero-order chi connectivity index (χ0) is 18.5. The average molecular weight is 364 g/mol. The molecule has 0 spiro atoms. The fourth-order valence-electron chi connectivity index (χ4n) is 3.59. The summed E-state index contributed by atoms with van der Waals surface area (Å²) < 4.78 is 10.9. The standard InChI is InChI=1S/C21H24N4O2/c1-26-21-23-11-18(12-24-21)14-25-7-8-27-15-17(13-25)9-16-4-5-20-19(10-16)3-2-6-22-20/h2-6,10-12,17H,7-9,13-15H2,1H3. The molecule has 6 nitrogen and oxygen atoms in total. The van der Waals surface area contributed by atoms with Crippen molar-refractivity contribution in [2.24, 2.45) is 5.92 Å². The lowest BCUT2D eigenvalue weighted by Gasteiger charge is -2.23. The van der Waals surface area contributed by atoms with E-state index in [1.807, 2.05) is 24.7 Å². The van der Waals surface area contributed by atoms with E-state index in [9.17, 15) is 0 Å². The van der Waals surface area contributed by atoms with Gasteiger partial charge in [0.15, 0.2) is 0 Å². The van der Waals surface area contributed by atoms with Crippen molar-refractivity contribution in [2.45, 2.75) is 13.0 Å². The van der Waals surface area contributed by atoms with Gasteiger partial charge in [-0.25, -0.2) is 9.97 Å². The van der Waals surface area contributed by atoms with Crippen LogP contribution in [0.2, 0.25) is 0 Å². The molecule has 1 aliphatic heterocycles. The monoisotopic (exact) mass is 364 g/mol. The Morgan fingerprint density at radius 2 is 2.04 bits per heavy atom. The Morgan fingerprint density at radius 1 is 1.15 bits per heavy atom. The first-order chi connectivity index (χ1) is 13.3. The second-order valence-electron chi connectivity index (χ2n) is 6.99. The van der Waals surface area contributed by atoms with E-state index in [1.54, 1.807) is 7.11 Å². The maximum atomic E-state index is 5.87. The highest BCUT2D eigenvalue weighted by molar-refractivity contribution is 5.78. The molecule has 0 radical (unpaired) electrons. The Bertz CT molecular complexity index is 885. The third kappa shape index (κ3) is 4.59. The van der Waals surface area contributed by atoms with Crippen molar-refractivity contribution in [1.29, 1.82) is 0 Å². The van der Waals surface area contributed by atoms with Gasteiger partial charge in [0.1, 0.15) is 0 Å². The Labute approximate surface area is 159 Å². The molecule has 2 aromatic heterocycles. The van der Waals surface area contributed by atoms with Crippen LogP contribution in [-0.4, -0.2) is 53.3 Å². The van der Waals surface area contributed by atoms with E-state index in [-0.39, 0.29) is 0 Å². The molecule has 0 amide bonds. The molecule has 0 saturated carbocycles. The topological polar surface area (TPSA) is 60.4 Å². The first-order valence-corrected chi connectivity index (χ1v) is 9.29. The van der Waals surface area contributed by atoms with Crippen LogP contribution in [0.15, 0.2) is 48.9 Å². The van der Waals surface area contributed by atoms with Crippen molar-refractivity contribution in [1.82, 2.24) is 19.9 Å². The highest BCUT2D eigenvalue weighted by atomic mass is 16.5. The van der Waals surface area contributed by atoms with Crippen LogP contribution in [0.5, 0.6) is 6.01 Å². The van der Waals surface area contributed by atoms with Gasteiger partial charge in [-0.05, 0) is 36.1 Å².